The minimum Gasteiger partial charge on any atom is -0.495 e. The molecule has 0 atom stereocenters. The molecule has 496 valence electrons. The van der Waals surface area contributed by atoms with E-state index >= 15 is 0 Å². The number of aromatic nitrogens is 8. The fraction of sp³-hybridized carbons (Fsp3) is 0.419. The number of anilines is 11. The Labute approximate surface area is 563 Å². The van der Waals surface area contributed by atoms with Gasteiger partial charge in [-0.2, -0.15) is 9.97 Å². The number of fused-ring (bicyclic) bond motifs is 2. The van der Waals surface area contributed by atoms with Crippen molar-refractivity contribution < 1.29 is 35.8 Å². The van der Waals surface area contributed by atoms with E-state index in [0.29, 0.717) is 77.8 Å². The minimum absolute atomic E-state index is 0.0545. The Morgan fingerprint density at radius 3 is 1.47 bits per heavy atom. The van der Waals surface area contributed by atoms with Crippen molar-refractivity contribution in [2.24, 2.45) is 0 Å². The molecule has 26 nitrogen and oxygen atoms in total. The number of morpholine rings is 2. The quantitative estimate of drug-likeness (QED) is 0.0344. The van der Waals surface area contributed by atoms with Crippen LogP contribution in [0.5, 0.6) is 11.5 Å². The molecule has 4 aliphatic rings. The number of ether oxygens (including phenoxy) is 4. The summed E-state index contributed by atoms with van der Waals surface area (Å²) >= 11 is 12.6. The van der Waals surface area contributed by atoms with Crippen LogP contribution >= 0.6 is 43.5 Å². The number of rotatable bonds is 18. The number of nitrogens with two attached hydrogens (primary N) is 1. The summed E-state index contributed by atoms with van der Waals surface area (Å²) in [5, 5.41) is 9.64. The van der Waals surface area contributed by atoms with Crippen molar-refractivity contribution in [2.75, 3.05) is 146 Å². The Morgan fingerprint density at radius 1 is 0.570 bits per heavy atom. The summed E-state index contributed by atoms with van der Waals surface area (Å²) in [6.45, 7) is 16.1. The molecular weight excluding hydrogens is 1380 g/mol. The van der Waals surface area contributed by atoms with Crippen LogP contribution in [0.4, 0.5) is 63.1 Å². The summed E-state index contributed by atoms with van der Waals surface area (Å²) in [5.41, 5.74) is 15.9. The minimum atomic E-state index is -3.62. The van der Waals surface area contributed by atoms with Gasteiger partial charge in [0.1, 0.15) is 34.2 Å². The molecule has 4 aromatic carbocycles. The van der Waals surface area contributed by atoms with Crippen LogP contribution in [-0.2, 0) is 42.4 Å². The molecule has 4 fully saturated rings. The maximum absolute atomic E-state index is 12.2. The molecule has 0 saturated carbocycles. The lowest BCUT2D eigenvalue weighted by Crippen LogP contribution is -2.49. The highest BCUT2D eigenvalue weighted by atomic mass is 79.9. The highest BCUT2D eigenvalue weighted by Crippen LogP contribution is 2.40. The van der Waals surface area contributed by atoms with Crippen molar-refractivity contribution in [2.45, 2.75) is 64.5 Å². The Bertz CT molecular complexity index is 4150. The molecule has 4 aromatic heterocycles. The smallest absolute Gasteiger partial charge is 0.229 e. The number of nitrogen functional groups attached to an aromatic ring is 1. The maximum Gasteiger partial charge on any atom is 0.229 e. The van der Waals surface area contributed by atoms with Crippen LogP contribution in [0.25, 0.3) is 22.1 Å². The molecule has 0 aliphatic carbocycles. The SMILES string of the molecule is CCc1cc(N)c(OC)cc1N1CCC(N2CCOCC2)CC1.CCc1cc(Nc2ncc(Br)c(Nc3ccc4nccnc4c3NS(C)(=O)=O)n2)c(OC)cc1N1CCC(N2CCOCC2)CC1.CS(=O)(=O)Nc1c(Nc2nc(Cl)ncc2Br)ccc2nccnc12. The molecule has 4 saturated heterocycles. The molecule has 0 radical (unpaired) electrons. The molecule has 7 N–H and O–H groups in total. The molecular formula is C62H77Br2ClN18O8S2. The van der Waals surface area contributed by atoms with Crippen molar-refractivity contribution in [1.82, 2.24) is 49.7 Å². The second kappa shape index (κ2) is 31.3. The fourth-order valence-corrected chi connectivity index (χ4v) is 13.7. The number of piperidine rings is 2. The van der Waals surface area contributed by atoms with E-state index in [1.165, 1.54) is 60.1 Å². The van der Waals surface area contributed by atoms with Crippen LogP contribution < -0.4 is 50.4 Å². The van der Waals surface area contributed by atoms with E-state index in [1.54, 1.807) is 50.9 Å². The van der Waals surface area contributed by atoms with E-state index in [0.717, 1.165) is 134 Å². The number of sulfonamides is 2. The van der Waals surface area contributed by atoms with Crippen molar-refractivity contribution in [3.8, 4) is 11.5 Å². The van der Waals surface area contributed by atoms with E-state index < -0.39 is 20.0 Å². The zero-order valence-corrected chi connectivity index (χ0v) is 58.2. The third-order valence-electron chi connectivity index (χ3n) is 16.4. The molecule has 0 spiro atoms. The zero-order chi connectivity index (χ0) is 65.8. The monoisotopic (exact) mass is 1460 g/mol. The number of hydrogen-bond acceptors (Lipinski definition) is 24. The first-order valence-electron chi connectivity index (χ1n) is 30.5. The second-order valence-electron chi connectivity index (χ2n) is 22.5. The normalized spacial score (nSPS) is 16.2. The molecule has 31 heteroatoms. The highest BCUT2D eigenvalue weighted by Gasteiger charge is 2.30. The number of halogens is 3. The summed E-state index contributed by atoms with van der Waals surface area (Å²) in [5.74, 6) is 2.62. The number of benzene rings is 4. The second-order valence-corrected chi connectivity index (χ2v) is 28.1. The van der Waals surface area contributed by atoms with Crippen LogP contribution in [0.15, 0.2) is 94.7 Å². The average molecular weight is 1460 g/mol. The summed E-state index contributed by atoms with van der Waals surface area (Å²) < 4.78 is 76.4. The van der Waals surface area contributed by atoms with Gasteiger partial charge in [0, 0.05) is 125 Å². The Morgan fingerprint density at radius 2 is 1.01 bits per heavy atom. The molecule has 4 aliphatic heterocycles. The highest BCUT2D eigenvalue weighted by molar-refractivity contribution is 9.11. The van der Waals surface area contributed by atoms with Crippen LogP contribution in [0, 0.1) is 0 Å². The van der Waals surface area contributed by atoms with E-state index in [9.17, 15) is 16.8 Å². The van der Waals surface area contributed by atoms with Gasteiger partial charge < -0.3 is 50.4 Å². The zero-order valence-electron chi connectivity index (χ0n) is 52.6. The molecule has 8 heterocycles. The van der Waals surface area contributed by atoms with Gasteiger partial charge in [0.05, 0.1) is 107 Å². The van der Waals surface area contributed by atoms with Gasteiger partial charge in [-0.05, 0) is 130 Å². The average Bonchev–Trinajstić information content (AvgIpc) is 1.04. The van der Waals surface area contributed by atoms with Gasteiger partial charge in [0.15, 0.2) is 0 Å². The number of hydrogen-bond donors (Lipinski definition) is 6. The van der Waals surface area contributed by atoms with E-state index in [-0.39, 0.29) is 16.7 Å². The van der Waals surface area contributed by atoms with Crippen LogP contribution in [-0.4, -0.2) is 184 Å². The predicted octanol–water partition coefficient (Wildman–Crippen LogP) is 10.0. The standard InChI is InChI=1S/C31H38BrN9O4S.C18H29N3O2.C13H10BrClN6O2S/c1-4-20-17-25(27(44-2)18-26(20)41-11-7-21(8-12-41)40-13-15-45-16-14-40)37-31-35-19-22(32)30(38-31)36-24-6-5-23-28(34-10-9-33-23)29(24)39-46(3,42)43;1-3-14-12-16(19)18(22-2)13-17(14)21-6-4-15(5-7-21)20-8-10-23-11-9-20;1-24(22,23)21-11-9(3-2-8-10(11)17-5-4-16-8)19-12-7(14)6-18-13(15)20-12/h5-6,9-10,17-19,21,39H,4,7-8,11-16H2,1-3H3,(H2,35,36,37,38);12-13,15H,3-11,19H2,1-2H3;2-6,21H,1H3,(H,18,19,20). The third kappa shape index (κ3) is 17.7. The van der Waals surface area contributed by atoms with Crippen molar-refractivity contribution in [1.29, 1.82) is 0 Å². The number of nitrogens with one attached hydrogen (secondary N) is 5. The molecule has 0 unspecified atom stereocenters. The van der Waals surface area contributed by atoms with Crippen LogP contribution in [0.2, 0.25) is 5.28 Å². The molecule has 0 bridgehead atoms. The van der Waals surface area contributed by atoms with Crippen molar-refractivity contribution >= 4 is 149 Å². The lowest BCUT2D eigenvalue weighted by molar-refractivity contribution is 0.0115. The third-order valence-corrected chi connectivity index (χ3v) is 18.9. The predicted molar refractivity (Wildman–Crippen MR) is 375 cm³/mol. The Kier molecular flexibility index (Phi) is 23.1. The van der Waals surface area contributed by atoms with Crippen molar-refractivity contribution in [3.05, 3.63) is 111 Å². The first-order chi connectivity index (χ1) is 44.8. The molecule has 93 heavy (non-hydrogen) atoms. The van der Waals surface area contributed by atoms with E-state index in [2.05, 4.69) is 150 Å². The Balaban J connectivity index is 0.000000169. The molecule has 8 aromatic rings. The van der Waals surface area contributed by atoms with Gasteiger partial charge in [-0.1, -0.05) is 13.8 Å². The topological polar surface area (TPSA) is 307 Å². The molecule has 0 amide bonds. The first kappa shape index (κ1) is 68.6. The number of aryl methyl sites for hydroxylation is 2. The van der Waals surface area contributed by atoms with E-state index in [4.69, 9.17) is 41.3 Å². The van der Waals surface area contributed by atoms with Gasteiger partial charge >= 0.3 is 0 Å². The summed E-state index contributed by atoms with van der Waals surface area (Å²) in [7, 11) is -3.80. The summed E-state index contributed by atoms with van der Waals surface area (Å²) in [6, 6.07) is 16.6. The van der Waals surface area contributed by atoms with Crippen molar-refractivity contribution in [3.63, 3.8) is 0 Å². The first-order valence-corrected chi connectivity index (χ1v) is 36.3. The van der Waals surface area contributed by atoms with Gasteiger partial charge in [-0.15, -0.1) is 0 Å². The van der Waals surface area contributed by atoms with Gasteiger partial charge in [0.2, 0.25) is 31.3 Å². The summed E-state index contributed by atoms with van der Waals surface area (Å²) in [4.78, 5) is 44.3. The van der Waals surface area contributed by atoms with E-state index in [1.807, 2.05) is 0 Å². The number of methoxy groups -OCH3 is 2. The lowest BCUT2D eigenvalue weighted by atomic mass is 10.00. The lowest BCUT2D eigenvalue weighted by Gasteiger charge is -2.41. The van der Waals surface area contributed by atoms with Gasteiger partial charge in [0.25, 0.3) is 0 Å². The van der Waals surface area contributed by atoms with Crippen LogP contribution in [0.1, 0.15) is 50.7 Å². The maximum atomic E-state index is 12.2. The fourth-order valence-electron chi connectivity index (χ4n) is 11.9. The largest absolute Gasteiger partial charge is 0.495 e. The summed E-state index contributed by atoms with van der Waals surface area (Å²) in [6.07, 6.45) is 17.9. The molecule has 12 rings (SSSR count). The van der Waals surface area contributed by atoms with Crippen LogP contribution in [0.3, 0.4) is 0 Å². The number of nitrogens with zero attached hydrogens (tertiary/aromatic N) is 12. The Hall–Kier alpha value is -7.29. The van der Waals surface area contributed by atoms with Gasteiger partial charge in [-0.25, -0.2) is 26.8 Å². The van der Waals surface area contributed by atoms with Gasteiger partial charge in [-0.3, -0.25) is 39.2 Å².